The molecule has 2 heterocycles. The summed E-state index contributed by atoms with van der Waals surface area (Å²) in [4.78, 5) is 3.37. The van der Waals surface area contributed by atoms with Crippen LogP contribution in [0.15, 0.2) is 0 Å². The Bertz CT molecular complexity index is 207. The van der Waals surface area contributed by atoms with Crippen molar-refractivity contribution in [1.82, 2.24) is 0 Å². The SMILES string of the molecule is OC1CC[NH+](CCCC[NH+]2CCC(O)CC2)CC1.[Cl-].[Cl-]. The van der Waals surface area contributed by atoms with Crippen LogP contribution in [0.2, 0.25) is 0 Å². The molecule has 20 heavy (non-hydrogen) atoms. The average molecular weight is 329 g/mol. The molecule has 6 heteroatoms. The number of piperidine rings is 2. The van der Waals surface area contributed by atoms with Gasteiger partial charge in [0.15, 0.2) is 0 Å². The lowest BCUT2D eigenvalue weighted by atomic mass is 10.1. The molecule has 2 rings (SSSR count). The molecule has 0 aromatic rings. The minimum absolute atomic E-state index is 0. The van der Waals surface area contributed by atoms with E-state index < -0.39 is 0 Å². The van der Waals surface area contributed by atoms with Crippen molar-refractivity contribution in [1.29, 1.82) is 0 Å². The fourth-order valence-electron chi connectivity index (χ4n) is 3.27. The van der Waals surface area contributed by atoms with Crippen LogP contribution in [0.4, 0.5) is 0 Å². The monoisotopic (exact) mass is 328 g/mol. The number of nitrogens with one attached hydrogen (secondary N) is 2. The maximum atomic E-state index is 9.45. The van der Waals surface area contributed by atoms with Crippen LogP contribution < -0.4 is 34.6 Å². The smallest absolute Gasteiger partial charge is 0.0796 e. The molecule has 2 aliphatic heterocycles. The molecule has 2 aliphatic rings. The summed E-state index contributed by atoms with van der Waals surface area (Å²) in [6.45, 7) is 7.19. The normalized spacial score (nSPS) is 33.9. The lowest BCUT2D eigenvalue weighted by molar-refractivity contribution is -0.912. The number of halogens is 2. The van der Waals surface area contributed by atoms with E-state index in [0.29, 0.717) is 0 Å². The molecule has 0 unspecified atom stereocenters. The predicted octanol–water partition coefficient (Wildman–Crippen LogP) is -8.15. The Kier molecular flexibility index (Phi) is 11.3. The largest absolute Gasteiger partial charge is 1.00 e. The van der Waals surface area contributed by atoms with Gasteiger partial charge in [0.25, 0.3) is 0 Å². The molecule has 122 valence electrons. The van der Waals surface area contributed by atoms with Crippen molar-refractivity contribution in [3.8, 4) is 0 Å². The summed E-state index contributed by atoms with van der Waals surface area (Å²) >= 11 is 0. The summed E-state index contributed by atoms with van der Waals surface area (Å²) in [5, 5.41) is 18.9. The number of hydrogen-bond donors (Lipinski definition) is 4. The zero-order valence-corrected chi connectivity index (χ0v) is 13.8. The summed E-state index contributed by atoms with van der Waals surface area (Å²) in [7, 11) is 0. The summed E-state index contributed by atoms with van der Waals surface area (Å²) in [5.74, 6) is 0. The van der Waals surface area contributed by atoms with Gasteiger partial charge in [0.2, 0.25) is 0 Å². The maximum absolute atomic E-state index is 9.45. The summed E-state index contributed by atoms with van der Waals surface area (Å²) in [5.41, 5.74) is 0. The van der Waals surface area contributed by atoms with Gasteiger partial charge in [-0.2, -0.15) is 0 Å². The first-order valence-corrected chi connectivity index (χ1v) is 7.77. The fourth-order valence-corrected chi connectivity index (χ4v) is 3.27. The standard InChI is InChI=1S/C14H28N2O2.2ClH/c17-13-3-9-15(10-4-13)7-1-2-8-16-11-5-14(18)6-12-16;;/h13-14,17-18H,1-12H2;2*1H. The molecule has 0 aromatic carbocycles. The van der Waals surface area contributed by atoms with Crippen molar-refractivity contribution in [2.24, 2.45) is 0 Å². The van der Waals surface area contributed by atoms with Crippen LogP contribution in [0.25, 0.3) is 0 Å². The molecule has 0 aliphatic carbocycles. The van der Waals surface area contributed by atoms with Gasteiger partial charge in [0.05, 0.1) is 51.5 Å². The Morgan fingerprint density at radius 3 is 1.25 bits per heavy atom. The molecule has 0 bridgehead atoms. The third-order valence-corrected chi connectivity index (χ3v) is 4.64. The topological polar surface area (TPSA) is 49.3 Å². The third kappa shape index (κ3) is 7.43. The lowest BCUT2D eigenvalue weighted by Crippen LogP contribution is -3.14. The molecule has 0 saturated carbocycles. The molecule has 0 radical (unpaired) electrons. The van der Waals surface area contributed by atoms with Gasteiger partial charge >= 0.3 is 0 Å². The first-order chi connectivity index (χ1) is 8.74. The lowest BCUT2D eigenvalue weighted by Gasteiger charge is -2.28. The highest BCUT2D eigenvalue weighted by atomic mass is 35.5. The third-order valence-electron chi connectivity index (χ3n) is 4.64. The maximum Gasteiger partial charge on any atom is 0.0796 e. The van der Waals surface area contributed by atoms with Gasteiger partial charge in [0.1, 0.15) is 0 Å². The predicted molar refractivity (Wildman–Crippen MR) is 70.8 cm³/mol. The van der Waals surface area contributed by atoms with E-state index >= 15 is 0 Å². The Hall–Kier alpha value is 0.420. The van der Waals surface area contributed by atoms with Crippen LogP contribution in [-0.2, 0) is 0 Å². The van der Waals surface area contributed by atoms with Crippen molar-refractivity contribution in [3.63, 3.8) is 0 Å². The second kappa shape index (κ2) is 11.0. The first kappa shape index (κ1) is 20.4. The van der Waals surface area contributed by atoms with Crippen molar-refractivity contribution in [2.75, 3.05) is 39.3 Å². The van der Waals surface area contributed by atoms with E-state index in [-0.39, 0.29) is 37.0 Å². The van der Waals surface area contributed by atoms with Crippen LogP contribution in [0.5, 0.6) is 0 Å². The summed E-state index contributed by atoms with van der Waals surface area (Å²) < 4.78 is 0. The van der Waals surface area contributed by atoms with E-state index in [9.17, 15) is 10.2 Å². The van der Waals surface area contributed by atoms with Crippen LogP contribution in [0.1, 0.15) is 38.5 Å². The number of unbranched alkanes of at least 4 members (excludes halogenated alkanes) is 1. The van der Waals surface area contributed by atoms with Gasteiger partial charge in [-0.25, -0.2) is 0 Å². The summed E-state index contributed by atoms with van der Waals surface area (Å²) in [6.07, 6.45) is 6.54. The number of likely N-dealkylation sites (tertiary alicyclic amines) is 2. The van der Waals surface area contributed by atoms with Crippen molar-refractivity contribution < 1.29 is 44.8 Å². The zero-order valence-electron chi connectivity index (χ0n) is 12.3. The molecule has 0 spiro atoms. The molecule has 0 atom stereocenters. The Morgan fingerprint density at radius 1 is 0.650 bits per heavy atom. The minimum Gasteiger partial charge on any atom is -1.00 e. The number of rotatable bonds is 5. The first-order valence-electron chi connectivity index (χ1n) is 7.77. The van der Waals surface area contributed by atoms with Crippen LogP contribution >= 0.6 is 0 Å². The van der Waals surface area contributed by atoms with Gasteiger partial charge in [-0.3, -0.25) is 0 Å². The number of aliphatic hydroxyl groups is 2. The molecule has 4 N–H and O–H groups in total. The Labute approximate surface area is 135 Å². The highest BCUT2D eigenvalue weighted by Gasteiger charge is 2.21. The summed E-state index contributed by atoms with van der Waals surface area (Å²) in [6, 6.07) is 0. The van der Waals surface area contributed by atoms with Gasteiger partial charge in [-0.05, 0) is 0 Å². The number of aliphatic hydroxyl groups excluding tert-OH is 2. The van der Waals surface area contributed by atoms with E-state index in [1.165, 1.54) is 25.9 Å². The highest BCUT2D eigenvalue weighted by molar-refractivity contribution is 4.59. The molecule has 4 nitrogen and oxygen atoms in total. The molecule has 0 aromatic heterocycles. The quantitative estimate of drug-likeness (QED) is 0.379. The van der Waals surface area contributed by atoms with Crippen LogP contribution in [0.3, 0.4) is 0 Å². The zero-order chi connectivity index (χ0) is 12.8. The second-order valence-electron chi connectivity index (χ2n) is 6.17. The van der Waals surface area contributed by atoms with Crippen molar-refractivity contribution >= 4 is 0 Å². The Morgan fingerprint density at radius 2 is 0.950 bits per heavy atom. The van der Waals surface area contributed by atoms with Gasteiger partial charge in [0, 0.05) is 38.5 Å². The number of hydrogen-bond acceptors (Lipinski definition) is 2. The van der Waals surface area contributed by atoms with E-state index in [1.54, 1.807) is 9.80 Å². The second-order valence-corrected chi connectivity index (χ2v) is 6.17. The molecular weight excluding hydrogens is 299 g/mol. The fraction of sp³-hybridized carbons (Fsp3) is 1.00. The van der Waals surface area contributed by atoms with Gasteiger partial charge in [-0.15, -0.1) is 0 Å². The van der Waals surface area contributed by atoms with Gasteiger partial charge in [-0.1, -0.05) is 0 Å². The van der Waals surface area contributed by atoms with E-state index in [4.69, 9.17) is 0 Å². The molecular formula is C14H30Cl2N2O2. The Balaban J connectivity index is 0.00000180. The molecule has 2 fully saturated rings. The highest BCUT2D eigenvalue weighted by Crippen LogP contribution is 1.98. The van der Waals surface area contributed by atoms with Gasteiger partial charge < -0.3 is 44.8 Å². The minimum atomic E-state index is -0.0297. The van der Waals surface area contributed by atoms with E-state index in [2.05, 4.69) is 0 Å². The molecule has 0 amide bonds. The number of quaternary nitrogens is 2. The van der Waals surface area contributed by atoms with Crippen molar-refractivity contribution in [3.05, 3.63) is 0 Å². The van der Waals surface area contributed by atoms with Crippen molar-refractivity contribution in [2.45, 2.75) is 50.7 Å². The van der Waals surface area contributed by atoms with E-state index in [1.807, 2.05) is 0 Å². The molecule has 2 saturated heterocycles. The van der Waals surface area contributed by atoms with Crippen LogP contribution in [-0.4, -0.2) is 61.7 Å². The van der Waals surface area contributed by atoms with Crippen LogP contribution in [0, 0.1) is 0 Å². The average Bonchev–Trinajstić information content (AvgIpc) is 2.39. The van der Waals surface area contributed by atoms with E-state index in [0.717, 1.165) is 51.9 Å².